The first kappa shape index (κ1) is 21.9. The van der Waals surface area contributed by atoms with Gasteiger partial charge < -0.3 is 5.11 Å². The molecule has 33 heavy (non-hydrogen) atoms. The zero-order chi connectivity index (χ0) is 23.5. The summed E-state index contributed by atoms with van der Waals surface area (Å²) in [7, 11) is 0. The van der Waals surface area contributed by atoms with Crippen LogP contribution in [0.1, 0.15) is 5.56 Å². The van der Waals surface area contributed by atoms with Crippen molar-refractivity contribution >= 4 is 12.0 Å². The Morgan fingerprint density at radius 3 is 2.03 bits per heavy atom. The van der Waals surface area contributed by atoms with Gasteiger partial charge in [0.1, 0.15) is 5.75 Å². The number of nitrogens with zero attached hydrogens (tertiary/aromatic N) is 3. The normalized spacial score (nSPS) is 11.2. The van der Waals surface area contributed by atoms with Gasteiger partial charge in [0.25, 0.3) is 0 Å². The van der Waals surface area contributed by atoms with Gasteiger partial charge in [0.05, 0.1) is 23.0 Å². The number of para-hydroxylation sites is 1. The van der Waals surface area contributed by atoms with E-state index in [1.165, 1.54) is 12.1 Å². The van der Waals surface area contributed by atoms with Gasteiger partial charge in [-0.3, -0.25) is 5.43 Å². The van der Waals surface area contributed by atoms with Crippen LogP contribution in [0, 0.1) is 29.1 Å². The molecule has 4 rings (SSSR count). The summed E-state index contributed by atoms with van der Waals surface area (Å²) in [4.78, 5) is 8.66. The molecule has 0 fully saturated rings. The van der Waals surface area contributed by atoms with E-state index in [-0.39, 0.29) is 17.4 Å². The molecule has 0 aliphatic heterocycles. The predicted molar refractivity (Wildman–Crippen MR) is 112 cm³/mol. The zero-order valence-electron chi connectivity index (χ0n) is 16.5. The number of benzene rings is 3. The van der Waals surface area contributed by atoms with Gasteiger partial charge >= 0.3 is 0 Å². The van der Waals surface area contributed by atoms with Gasteiger partial charge in [0.15, 0.2) is 34.9 Å². The van der Waals surface area contributed by atoms with Crippen molar-refractivity contribution in [3.63, 3.8) is 0 Å². The molecule has 0 aliphatic rings. The third-order valence-electron chi connectivity index (χ3n) is 4.56. The number of hydrazone groups is 1. The Hall–Kier alpha value is -4.34. The third-order valence-corrected chi connectivity index (χ3v) is 4.56. The minimum Gasteiger partial charge on any atom is -0.507 e. The maximum atomic E-state index is 13.9. The standard InChI is InChI=1S/C23H13F5N4O/c24-18-14(19(25)21(27)22(28)20(18)26)11-29-32-17-10-15(12-6-2-1-3-7-12)30-23(31-17)13-8-4-5-9-16(13)33/h1-11,33H,(H,30,31,32)/b29-11+. The molecule has 166 valence electrons. The van der Waals surface area contributed by atoms with E-state index in [4.69, 9.17) is 0 Å². The van der Waals surface area contributed by atoms with Crippen LogP contribution in [0.25, 0.3) is 22.6 Å². The number of rotatable bonds is 5. The molecule has 1 aromatic heterocycles. The molecular weight excluding hydrogens is 443 g/mol. The highest BCUT2D eigenvalue weighted by atomic mass is 19.2. The number of halogens is 5. The first-order chi connectivity index (χ1) is 15.9. The van der Waals surface area contributed by atoms with Crippen LogP contribution in [-0.2, 0) is 0 Å². The van der Waals surface area contributed by atoms with Crippen LogP contribution in [0.4, 0.5) is 27.8 Å². The second-order valence-electron chi connectivity index (χ2n) is 6.70. The van der Waals surface area contributed by atoms with E-state index >= 15 is 0 Å². The Kier molecular flexibility index (Phi) is 5.99. The Balaban J connectivity index is 1.74. The molecule has 0 unspecified atom stereocenters. The van der Waals surface area contributed by atoms with Crippen molar-refractivity contribution in [2.45, 2.75) is 0 Å². The van der Waals surface area contributed by atoms with E-state index in [0.29, 0.717) is 23.0 Å². The number of anilines is 1. The molecule has 2 N–H and O–H groups in total. The summed E-state index contributed by atoms with van der Waals surface area (Å²) in [6.45, 7) is 0. The maximum absolute atomic E-state index is 13.9. The highest BCUT2D eigenvalue weighted by Gasteiger charge is 2.24. The average molecular weight is 456 g/mol. The Morgan fingerprint density at radius 2 is 1.36 bits per heavy atom. The van der Waals surface area contributed by atoms with E-state index in [0.717, 1.165) is 0 Å². The largest absolute Gasteiger partial charge is 0.507 e. The Labute approximate surface area is 183 Å². The van der Waals surface area contributed by atoms with Crippen molar-refractivity contribution in [1.82, 2.24) is 9.97 Å². The van der Waals surface area contributed by atoms with E-state index in [1.807, 2.05) is 6.07 Å². The number of phenols is 1. The fourth-order valence-corrected chi connectivity index (χ4v) is 2.94. The van der Waals surface area contributed by atoms with Crippen LogP contribution >= 0.6 is 0 Å². The summed E-state index contributed by atoms with van der Waals surface area (Å²) in [5.74, 6) is -10.4. The highest BCUT2D eigenvalue weighted by Crippen LogP contribution is 2.29. The summed E-state index contributed by atoms with van der Waals surface area (Å²) >= 11 is 0. The molecule has 4 aromatic rings. The molecule has 0 aliphatic carbocycles. The first-order valence-electron chi connectivity index (χ1n) is 9.40. The van der Waals surface area contributed by atoms with Crippen molar-refractivity contribution in [2.75, 3.05) is 5.43 Å². The topological polar surface area (TPSA) is 70.4 Å². The SMILES string of the molecule is Oc1ccccc1-c1nc(N/N=C/c2c(F)c(F)c(F)c(F)c2F)cc(-c2ccccc2)n1. The van der Waals surface area contributed by atoms with Gasteiger partial charge in [-0.15, -0.1) is 0 Å². The van der Waals surface area contributed by atoms with Gasteiger partial charge in [0.2, 0.25) is 5.82 Å². The van der Waals surface area contributed by atoms with Gasteiger partial charge in [-0.1, -0.05) is 42.5 Å². The number of hydrogen-bond donors (Lipinski definition) is 2. The van der Waals surface area contributed by atoms with Gasteiger partial charge in [-0.2, -0.15) is 5.10 Å². The molecule has 0 radical (unpaired) electrons. The lowest BCUT2D eigenvalue weighted by atomic mass is 10.1. The van der Waals surface area contributed by atoms with Crippen molar-refractivity contribution in [1.29, 1.82) is 0 Å². The molecule has 0 amide bonds. The van der Waals surface area contributed by atoms with Crippen LogP contribution in [0.2, 0.25) is 0 Å². The van der Waals surface area contributed by atoms with Crippen LogP contribution < -0.4 is 5.43 Å². The van der Waals surface area contributed by atoms with E-state index in [9.17, 15) is 27.1 Å². The molecular formula is C23H13F5N4O. The molecule has 5 nitrogen and oxygen atoms in total. The van der Waals surface area contributed by atoms with Crippen molar-refractivity contribution < 1.29 is 27.1 Å². The second kappa shape index (κ2) is 9.03. The molecule has 0 atom stereocenters. The minimum atomic E-state index is -2.26. The van der Waals surface area contributed by atoms with Crippen molar-refractivity contribution in [3.8, 4) is 28.4 Å². The van der Waals surface area contributed by atoms with E-state index < -0.39 is 34.6 Å². The monoisotopic (exact) mass is 456 g/mol. The van der Waals surface area contributed by atoms with Crippen LogP contribution in [0.3, 0.4) is 0 Å². The van der Waals surface area contributed by atoms with Crippen molar-refractivity contribution in [3.05, 3.63) is 95.3 Å². The molecule has 0 saturated heterocycles. The fraction of sp³-hybridized carbons (Fsp3) is 0. The van der Waals surface area contributed by atoms with Gasteiger partial charge in [-0.25, -0.2) is 31.9 Å². The Morgan fingerprint density at radius 1 is 0.758 bits per heavy atom. The number of hydrogen-bond acceptors (Lipinski definition) is 5. The lowest BCUT2D eigenvalue weighted by molar-refractivity contribution is 0.377. The average Bonchev–Trinajstić information content (AvgIpc) is 2.84. The number of nitrogens with one attached hydrogen (secondary N) is 1. The summed E-state index contributed by atoms with van der Waals surface area (Å²) in [6, 6.07) is 16.7. The molecule has 0 saturated carbocycles. The third kappa shape index (κ3) is 4.36. The number of phenolic OH excluding ortho intramolecular Hbond substituents is 1. The highest BCUT2D eigenvalue weighted by molar-refractivity contribution is 5.81. The van der Waals surface area contributed by atoms with Crippen LogP contribution in [-0.4, -0.2) is 21.3 Å². The molecule has 1 heterocycles. The minimum absolute atomic E-state index is 0.0437. The Bertz CT molecular complexity index is 1330. The lowest BCUT2D eigenvalue weighted by Gasteiger charge is -2.09. The molecule has 0 spiro atoms. The molecule has 10 heteroatoms. The summed E-state index contributed by atoms with van der Waals surface area (Å²) < 4.78 is 67.7. The first-order valence-corrected chi connectivity index (χ1v) is 9.40. The van der Waals surface area contributed by atoms with E-state index in [1.54, 1.807) is 42.5 Å². The van der Waals surface area contributed by atoms with E-state index in [2.05, 4.69) is 20.5 Å². The smallest absolute Gasteiger partial charge is 0.200 e. The molecule has 3 aromatic carbocycles. The number of aromatic hydroxyl groups is 1. The van der Waals surface area contributed by atoms with Gasteiger partial charge in [-0.05, 0) is 12.1 Å². The van der Waals surface area contributed by atoms with Crippen LogP contribution in [0.15, 0.2) is 65.8 Å². The van der Waals surface area contributed by atoms with Crippen LogP contribution in [0.5, 0.6) is 5.75 Å². The van der Waals surface area contributed by atoms with Crippen molar-refractivity contribution in [2.24, 2.45) is 5.10 Å². The quantitative estimate of drug-likeness (QED) is 0.134. The fourth-order valence-electron chi connectivity index (χ4n) is 2.94. The maximum Gasteiger partial charge on any atom is 0.200 e. The molecule has 0 bridgehead atoms. The number of aromatic nitrogens is 2. The summed E-state index contributed by atoms with van der Waals surface area (Å²) in [5, 5.41) is 13.7. The predicted octanol–water partition coefficient (Wildman–Crippen LogP) is 5.66. The second-order valence-corrected chi connectivity index (χ2v) is 6.70. The van der Waals surface area contributed by atoms with Gasteiger partial charge in [0, 0.05) is 11.6 Å². The zero-order valence-corrected chi connectivity index (χ0v) is 16.5. The summed E-state index contributed by atoms with van der Waals surface area (Å²) in [5.41, 5.74) is 2.63. The lowest BCUT2D eigenvalue weighted by Crippen LogP contribution is -2.07. The summed E-state index contributed by atoms with van der Waals surface area (Å²) in [6.07, 6.45) is 0.459.